The molecule has 1 saturated heterocycles. The van der Waals surface area contributed by atoms with Crippen LogP contribution in [0.2, 0.25) is 0 Å². The van der Waals surface area contributed by atoms with Crippen LogP contribution in [-0.4, -0.2) is 39.6 Å². The molecule has 0 saturated carbocycles. The molecule has 156 valence electrons. The van der Waals surface area contributed by atoms with Crippen LogP contribution in [0, 0.1) is 19.8 Å². The Morgan fingerprint density at radius 3 is 2.07 bits per heavy atom. The lowest BCUT2D eigenvalue weighted by Gasteiger charge is -2.55. The number of carbonyl (C=O) groups is 2. The number of esters is 1. The molecule has 0 aliphatic carbocycles. The highest BCUT2D eigenvalue weighted by Crippen LogP contribution is 2.41. The van der Waals surface area contributed by atoms with Crippen LogP contribution < -0.4 is 0 Å². The summed E-state index contributed by atoms with van der Waals surface area (Å²) in [6.07, 6.45) is 2.56. The van der Waals surface area contributed by atoms with Gasteiger partial charge in [0.2, 0.25) is 5.91 Å². The highest BCUT2D eigenvalue weighted by molar-refractivity contribution is 5.75. The second kappa shape index (κ2) is 8.14. The van der Waals surface area contributed by atoms with E-state index in [4.69, 9.17) is 4.74 Å². The number of phenolic OH excluding ortho intramolecular Hbond substituents is 1. The minimum Gasteiger partial charge on any atom is -0.507 e. The lowest BCUT2D eigenvalue weighted by molar-refractivity contribution is -0.156. The van der Waals surface area contributed by atoms with Crippen LogP contribution in [0.3, 0.4) is 0 Å². The van der Waals surface area contributed by atoms with Crippen LogP contribution in [0.25, 0.3) is 0 Å². The molecule has 1 fully saturated rings. The highest BCUT2D eigenvalue weighted by atomic mass is 16.5. The largest absolute Gasteiger partial charge is 0.507 e. The molecule has 0 spiro atoms. The van der Waals surface area contributed by atoms with Gasteiger partial charge in [0, 0.05) is 24.4 Å². The molecule has 5 heteroatoms. The van der Waals surface area contributed by atoms with E-state index in [1.165, 1.54) is 0 Å². The van der Waals surface area contributed by atoms with E-state index in [1.807, 2.05) is 30.9 Å². The summed E-state index contributed by atoms with van der Waals surface area (Å²) in [5, 5.41) is 9.86. The molecule has 0 unspecified atom stereocenters. The monoisotopic (exact) mass is 389 g/mol. The zero-order valence-electron chi connectivity index (χ0n) is 18.4. The Bertz CT molecular complexity index is 710. The van der Waals surface area contributed by atoms with Crippen molar-refractivity contribution in [3.8, 4) is 5.75 Å². The maximum atomic E-state index is 12.3. The van der Waals surface area contributed by atoms with Crippen molar-refractivity contribution >= 4 is 11.9 Å². The van der Waals surface area contributed by atoms with Gasteiger partial charge in [-0.3, -0.25) is 9.59 Å². The molecule has 1 N–H and O–H groups in total. The SMILES string of the molecule is CC(=O)N1C(C)(C)CC(COC(=O)CCc2cc(C)c(O)c(C)c2)CC1(C)C. The van der Waals surface area contributed by atoms with E-state index in [0.29, 0.717) is 25.2 Å². The number of aromatic hydroxyl groups is 1. The molecule has 2 rings (SSSR count). The maximum Gasteiger partial charge on any atom is 0.306 e. The summed E-state index contributed by atoms with van der Waals surface area (Å²) in [6, 6.07) is 3.83. The molecule has 0 atom stereocenters. The number of aryl methyl sites for hydroxylation is 3. The fourth-order valence-electron chi connectivity index (χ4n) is 5.18. The molecule has 0 radical (unpaired) electrons. The van der Waals surface area contributed by atoms with Crippen molar-refractivity contribution in [1.29, 1.82) is 0 Å². The number of benzene rings is 1. The first-order valence-electron chi connectivity index (χ1n) is 10.1. The number of hydrogen-bond donors (Lipinski definition) is 1. The third-order valence-corrected chi connectivity index (χ3v) is 5.75. The lowest BCUT2D eigenvalue weighted by Crippen LogP contribution is -2.62. The van der Waals surface area contributed by atoms with Crippen LogP contribution in [0.1, 0.15) is 70.6 Å². The van der Waals surface area contributed by atoms with E-state index in [2.05, 4.69) is 27.7 Å². The van der Waals surface area contributed by atoms with Crippen molar-refractivity contribution in [3.05, 3.63) is 28.8 Å². The lowest BCUT2D eigenvalue weighted by atomic mass is 9.74. The first-order valence-corrected chi connectivity index (χ1v) is 10.1. The van der Waals surface area contributed by atoms with E-state index < -0.39 is 0 Å². The smallest absolute Gasteiger partial charge is 0.306 e. The summed E-state index contributed by atoms with van der Waals surface area (Å²) in [7, 11) is 0. The second-order valence-electron chi connectivity index (χ2n) is 9.51. The molecule has 5 nitrogen and oxygen atoms in total. The van der Waals surface area contributed by atoms with Gasteiger partial charge in [-0.2, -0.15) is 0 Å². The first-order chi connectivity index (χ1) is 12.8. The number of phenols is 1. The maximum absolute atomic E-state index is 12.3. The minimum absolute atomic E-state index is 0.0879. The Morgan fingerprint density at radius 1 is 1.11 bits per heavy atom. The molecule has 1 aliphatic rings. The van der Waals surface area contributed by atoms with Crippen LogP contribution in [0.4, 0.5) is 0 Å². The number of ether oxygens (including phenoxy) is 1. The third-order valence-electron chi connectivity index (χ3n) is 5.75. The summed E-state index contributed by atoms with van der Waals surface area (Å²) in [6.45, 7) is 14.1. The fraction of sp³-hybridized carbons (Fsp3) is 0.652. The first kappa shape index (κ1) is 22.3. The molecule has 0 bridgehead atoms. The van der Waals surface area contributed by atoms with Gasteiger partial charge in [-0.15, -0.1) is 0 Å². The van der Waals surface area contributed by atoms with E-state index in [9.17, 15) is 14.7 Å². The predicted octanol–water partition coefficient (Wildman–Crippen LogP) is 4.30. The van der Waals surface area contributed by atoms with E-state index in [0.717, 1.165) is 29.5 Å². The van der Waals surface area contributed by atoms with E-state index in [-0.39, 0.29) is 28.9 Å². The second-order valence-corrected chi connectivity index (χ2v) is 9.51. The van der Waals surface area contributed by atoms with Gasteiger partial charge in [-0.05, 0) is 83.4 Å². The molecular formula is C23H35NO4. The number of piperidine rings is 1. The standard InChI is InChI=1S/C23H35NO4/c1-15-10-18(11-16(2)21(15)27)8-9-20(26)28-14-19-12-22(4,5)24(17(3)25)23(6,7)13-19/h10-11,19,27H,8-9,12-14H2,1-7H3. The number of hydrogen-bond acceptors (Lipinski definition) is 4. The molecule has 0 aromatic heterocycles. The number of nitrogens with zero attached hydrogens (tertiary/aromatic N) is 1. The zero-order valence-corrected chi connectivity index (χ0v) is 18.4. The van der Waals surface area contributed by atoms with Crippen molar-refractivity contribution in [2.24, 2.45) is 5.92 Å². The van der Waals surface area contributed by atoms with Crippen LogP contribution in [0.5, 0.6) is 5.75 Å². The summed E-state index contributed by atoms with van der Waals surface area (Å²) >= 11 is 0. The molecule has 1 aromatic rings. The number of likely N-dealkylation sites (tertiary alicyclic amines) is 1. The molecule has 1 aliphatic heterocycles. The predicted molar refractivity (Wildman–Crippen MR) is 110 cm³/mol. The Hall–Kier alpha value is -2.04. The van der Waals surface area contributed by atoms with Gasteiger partial charge in [0.05, 0.1) is 6.61 Å². The number of amides is 1. The Kier molecular flexibility index (Phi) is 6.47. The van der Waals surface area contributed by atoms with Crippen molar-refractivity contribution in [2.45, 2.75) is 85.2 Å². The zero-order chi connectivity index (χ0) is 21.3. The third kappa shape index (κ3) is 5.06. The highest BCUT2D eigenvalue weighted by Gasteiger charge is 2.46. The molecule has 1 heterocycles. The molecule has 28 heavy (non-hydrogen) atoms. The summed E-state index contributed by atoms with van der Waals surface area (Å²) in [5.41, 5.74) is 2.16. The van der Waals surface area contributed by atoms with Gasteiger partial charge in [0.25, 0.3) is 0 Å². The number of carbonyl (C=O) groups excluding carboxylic acids is 2. The Morgan fingerprint density at radius 2 is 1.61 bits per heavy atom. The van der Waals surface area contributed by atoms with Crippen LogP contribution in [0.15, 0.2) is 12.1 Å². The van der Waals surface area contributed by atoms with Crippen molar-refractivity contribution in [2.75, 3.05) is 6.61 Å². The summed E-state index contributed by atoms with van der Waals surface area (Å²) in [4.78, 5) is 26.3. The quantitative estimate of drug-likeness (QED) is 0.763. The van der Waals surface area contributed by atoms with E-state index in [1.54, 1.807) is 6.92 Å². The fourth-order valence-corrected chi connectivity index (χ4v) is 5.18. The van der Waals surface area contributed by atoms with Gasteiger partial charge in [-0.25, -0.2) is 0 Å². The van der Waals surface area contributed by atoms with Gasteiger partial charge in [0.1, 0.15) is 5.75 Å². The topological polar surface area (TPSA) is 66.8 Å². The van der Waals surface area contributed by atoms with Gasteiger partial charge < -0.3 is 14.7 Å². The van der Waals surface area contributed by atoms with Crippen LogP contribution in [-0.2, 0) is 20.7 Å². The minimum atomic E-state index is -0.258. The average molecular weight is 390 g/mol. The van der Waals surface area contributed by atoms with Crippen molar-refractivity contribution in [3.63, 3.8) is 0 Å². The van der Waals surface area contributed by atoms with Gasteiger partial charge >= 0.3 is 5.97 Å². The number of rotatable bonds is 5. The van der Waals surface area contributed by atoms with Gasteiger partial charge in [0.15, 0.2) is 0 Å². The van der Waals surface area contributed by atoms with Crippen molar-refractivity contribution < 1.29 is 19.4 Å². The molecule has 1 aromatic carbocycles. The Labute approximate surface area is 169 Å². The molecule has 1 amide bonds. The summed E-state index contributed by atoms with van der Waals surface area (Å²) in [5.74, 6) is 0.439. The van der Waals surface area contributed by atoms with Crippen molar-refractivity contribution in [1.82, 2.24) is 4.90 Å². The molecular weight excluding hydrogens is 354 g/mol. The Balaban J connectivity index is 1.90. The van der Waals surface area contributed by atoms with Crippen LogP contribution >= 0.6 is 0 Å². The van der Waals surface area contributed by atoms with E-state index >= 15 is 0 Å². The average Bonchev–Trinajstić information content (AvgIpc) is 2.53. The van der Waals surface area contributed by atoms with Gasteiger partial charge in [-0.1, -0.05) is 12.1 Å². The summed E-state index contributed by atoms with van der Waals surface area (Å²) < 4.78 is 5.58. The normalized spacial score (nSPS) is 18.8.